The molecule has 1 aliphatic carbocycles. The highest BCUT2D eigenvalue weighted by atomic mass is 16.5. The smallest absolute Gasteiger partial charge is 0.411 e. The number of carbonyl (C=O) groups is 2. The number of carbonyl (C=O) groups excluding carboxylic acids is 2. The van der Waals surface area contributed by atoms with Crippen LogP contribution in [0.3, 0.4) is 0 Å². The van der Waals surface area contributed by atoms with E-state index >= 15 is 0 Å². The van der Waals surface area contributed by atoms with E-state index < -0.39 is 6.09 Å². The Morgan fingerprint density at radius 2 is 1.95 bits per heavy atom. The third kappa shape index (κ3) is 4.59. The SMILES string of the molecule is COC(=O)Nc1cccc(NC(=O)CNC2CC2)c1. The number of ether oxygens (including phenoxy) is 1. The van der Waals surface area contributed by atoms with Gasteiger partial charge in [-0.15, -0.1) is 0 Å². The standard InChI is InChI=1S/C13H17N3O3/c1-19-13(18)16-11-4-2-3-10(7-11)15-12(17)8-14-9-5-6-9/h2-4,7,9,14H,5-6,8H2,1H3,(H,15,17)(H,16,18). The molecular formula is C13H17N3O3. The van der Waals surface area contributed by atoms with Gasteiger partial charge in [-0.25, -0.2) is 4.79 Å². The van der Waals surface area contributed by atoms with E-state index in [9.17, 15) is 9.59 Å². The summed E-state index contributed by atoms with van der Waals surface area (Å²) in [6.07, 6.45) is 1.75. The van der Waals surface area contributed by atoms with Gasteiger partial charge in [0.05, 0.1) is 13.7 Å². The Morgan fingerprint density at radius 3 is 2.58 bits per heavy atom. The molecule has 0 radical (unpaired) electrons. The molecule has 0 saturated heterocycles. The molecule has 0 heterocycles. The van der Waals surface area contributed by atoms with Crippen molar-refractivity contribution in [1.82, 2.24) is 5.32 Å². The number of hydrogen-bond donors (Lipinski definition) is 3. The zero-order valence-corrected chi connectivity index (χ0v) is 10.7. The summed E-state index contributed by atoms with van der Waals surface area (Å²) in [5.41, 5.74) is 1.20. The second-order valence-electron chi connectivity index (χ2n) is 4.40. The molecule has 2 amide bonds. The summed E-state index contributed by atoms with van der Waals surface area (Å²) in [5.74, 6) is -0.0953. The zero-order chi connectivity index (χ0) is 13.7. The highest BCUT2D eigenvalue weighted by Gasteiger charge is 2.21. The van der Waals surface area contributed by atoms with Crippen molar-refractivity contribution < 1.29 is 14.3 Å². The van der Waals surface area contributed by atoms with Gasteiger partial charge in [-0.3, -0.25) is 10.1 Å². The highest BCUT2D eigenvalue weighted by molar-refractivity contribution is 5.93. The van der Waals surface area contributed by atoms with E-state index in [1.54, 1.807) is 24.3 Å². The monoisotopic (exact) mass is 263 g/mol. The predicted molar refractivity (Wildman–Crippen MR) is 72.1 cm³/mol. The Balaban J connectivity index is 1.86. The third-order valence-electron chi connectivity index (χ3n) is 2.71. The van der Waals surface area contributed by atoms with Crippen LogP contribution in [0.25, 0.3) is 0 Å². The molecule has 1 saturated carbocycles. The second-order valence-corrected chi connectivity index (χ2v) is 4.40. The van der Waals surface area contributed by atoms with Gasteiger partial charge in [-0.1, -0.05) is 6.07 Å². The predicted octanol–water partition coefficient (Wildman–Crippen LogP) is 1.56. The lowest BCUT2D eigenvalue weighted by atomic mass is 10.2. The minimum Gasteiger partial charge on any atom is -0.453 e. The largest absolute Gasteiger partial charge is 0.453 e. The van der Waals surface area contributed by atoms with Crippen LogP contribution in [0.4, 0.5) is 16.2 Å². The maximum Gasteiger partial charge on any atom is 0.411 e. The van der Waals surface area contributed by atoms with Gasteiger partial charge >= 0.3 is 6.09 Å². The zero-order valence-electron chi connectivity index (χ0n) is 10.7. The molecule has 0 atom stereocenters. The van der Waals surface area contributed by atoms with E-state index in [0.717, 1.165) is 12.8 Å². The summed E-state index contributed by atoms with van der Waals surface area (Å²) in [6, 6.07) is 7.39. The van der Waals surface area contributed by atoms with Crippen LogP contribution in [-0.4, -0.2) is 31.7 Å². The molecule has 0 aromatic heterocycles. The van der Waals surface area contributed by atoms with E-state index in [1.165, 1.54) is 7.11 Å². The summed E-state index contributed by atoms with van der Waals surface area (Å²) in [6.45, 7) is 0.305. The number of hydrogen-bond acceptors (Lipinski definition) is 4. The number of benzene rings is 1. The van der Waals surface area contributed by atoms with Crippen molar-refractivity contribution in [3.63, 3.8) is 0 Å². The first-order valence-electron chi connectivity index (χ1n) is 6.15. The van der Waals surface area contributed by atoms with Crippen molar-refractivity contribution in [3.8, 4) is 0 Å². The molecule has 2 rings (SSSR count). The molecule has 1 aliphatic rings. The Morgan fingerprint density at radius 1 is 1.26 bits per heavy atom. The summed E-state index contributed by atoms with van der Waals surface area (Å²) in [4.78, 5) is 22.7. The normalized spacial score (nSPS) is 13.7. The van der Waals surface area contributed by atoms with Gasteiger partial charge < -0.3 is 15.4 Å². The minimum atomic E-state index is -0.543. The Labute approximate surface area is 111 Å². The van der Waals surface area contributed by atoms with Gasteiger partial charge in [0.15, 0.2) is 0 Å². The fourth-order valence-corrected chi connectivity index (χ4v) is 1.57. The van der Waals surface area contributed by atoms with E-state index in [0.29, 0.717) is 24.0 Å². The summed E-state index contributed by atoms with van der Waals surface area (Å²) in [7, 11) is 1.30. The van der Waals surface area contributed by atoms with Crippen molar-refractivity contribution in [2.45, 2.75) is 18.9 Å². The lowest BCUT2D eigenvalue weighted by Crippen LogP contribution is -2.29. The van der Waals surface area contributed by atoms with Crippen LogP contribution in [-0.2, 0) is 9.53 Å². The van der Waals surface area contributed by atoms with Crippen LogP contribution in [0.2, 0.25) is 0 Å². The molecule has 0 bridgehead atoms. The lowest BCUT2D eigenvalue weighted by molar-refractivity contribution is -0.115. The van der Waals surface area contributed by atoms with Crippen molar-refractivity contribution in [1.29, 1.82) is 0 Å². The second kappa shape index (κ2) is 6.19. The molecule has 6 nitrogen and oxygen atoms in total. The number of methoxy groups -OCH3 is 1. The molecule has 0 spiro atoms. The average Bonchev–Trinajstić information content (AvgIpc) is 3.20. The van der Waals surface area contributed by atoms with Gasteiger partial charge in [0.25, 0.3) is 0 Å². The molecule has 0 unspecified atom stereocenters. The Kier molecular flexibility index (Phi) is 4.35. The summed E-state index contributed by atoms with van der Waals surface area (Å²) >= 11 is 0. The molecule has 19 heavy (non-hydrogen) atoms. The van der Waals surface area contributed by atoms with E-state index in [1.807, 2.05) is 0 Å². The topological polar surface area (TPSA) is 79.5 Å². The van der Waals surface area contributed by atoms with Crippen LogP contribution < -0.4 is 16.0 Å². The van der Waals surface area contributed by atoms with Crippen molar-refractivity contribution in [2.75, 3.05) is 24.3 Å². The Bertz CT molecular complexity index is 472. The fourth-order valence-electron chi connectivity index (χ4n) is 1.57. The van der Waals surface area contributed by atoms with Gasteiger partial charge in [0.2, 0.25) is 5.91 Å². The first-order valence-corrected chi connectivity index (χ1v) is 6.15. The number of anilines is 2. The van der Waals surface area contributed by atoms with Crippen molar-refractivity contribution in [2.24, 2.45) is 0 Å². The first-order chi connectivity index (χ1) is 9.17. The summed E-state index contributed by atoms with van der Waals surface area (Å²) < 4.78 is 4.50. The Hall–Kier alpha value is -2.08. The van der Waals surface area contributed by atoms with Gasteiger partial charge in [0, 0.05) is 17.4 Å². The number of rotatable bonds is 5. The third-order valence-corrected chi connectivity index (χ3v) is 2.71. The highest BCUT2D eigenvalue weighted by Crippen LogP contribution is 2.18. The van der Waals surface area contributed by atoms with Crippen LogP contribution in [0.1, 0.15) is 12.8 Å². The van der Waals surface area contributed by atoms with E-state index in [-0.39, 0.29) is 5.91 Å². The van der Waals surface area contributed by atoms with Crippen LogP contribution in [0.15, 0.2) is 24.3 Å². The summed E-state index contributed by atoms with van der Waals surface area (Å²) in [5, 5.41) is 8.43. The average molecular weight is 263 g/mol. The van der Waals surface area contributed by atoms with Crippen LogP contribution in [0.5, 0.6) is 0 Å². The molecular weight excluding hydrogens is 246 g/mol. The number of nitrogens with one attached hydrogen (secondary N) is 3. The van der Waals surface area contributed by atoms with Gasteiger partial charge in [-0.05, 0) is 31.0 Å². The molecule has 102 valence electrons. The molecule has 1 aromatic carbocycles. The van der Waals surface area contributed by atoms with Crippen molar-refractivity contribution >= 4 is 23.4 Å². The first kappa shape index (κ1) is 13.4. The maximum absolute atomic E-state index is 11.6. The van der Waals surface area contributed by atoms with Crippen LogP contribution in [0, 0.1) is 0 Å². The van der Waals surface area contributed by atoms with Crippen molar-refractivity contribution in [3.05, 3.63) is 24.3 Å². The number of amides is 2. The molecule has 6 heteroatoms. The fraction of sp³-hybridized carbons (Fsp3) is 0.385. The molecule has 0 aliphatic heterocycles. The minimum absolute atomic E-state index is 0.0953. The van der Waals surface area contributed by atoms with Gasteiger partial charge in [0.1, 0.15) is 0 Å². The van der Waals surface area contributed by atoms with Crippen LogP contribution >= 0.6 is 0 Å². The van der Waals surface area contributed by atoms with E-state index in [4.69, 9.17) is 0 Å². The quantitative estimate of drug-likeness (QED) is 0.753. The lowest BCUT2D eigenvalue weighted by Gasteiger charge is -2.08. The maximum atomic E-state index is 11.6. The molecule has 3 N–H and O–H groups in total. The molecule has 1 fully saturated rings. The van der Waals surface area contributed by atoms with E-state index in [2.05, 4.69) is 20.7 Å². The molecule has 1 aromatic rings. The van der Waals surface area contributed by atoms with Gasteiger partial charge in [-0.2, -0.15) is 0 Å².